The van der Waals surface area contributed by atoms with E-state index in [1.807, 2.05) is 61.6 Å². The molecule has 1 amide bonds. The third-order valence-corrected chi connectivity index (χ3v) is 5.64. The minimum absolute atomic E-state index is 0.182. The quantitative estimate of drug-likeness (QED) is 0.742. The number of rotatable bonds is 2. The average Bonchev–Trinajstić information content (AvgIpc) is 3.14. The Bertz CT molecular complexity index is 707. The van der Waals surface area contributed by atoms with E-state index in [-0.39, 0.29) is 12.1 Å². The molecular formula is C19H32BN3O4. The fraction of sp³-hybridized carbons (Fsp3) is 0.789. The normalized spacial score (nSPS) is 24.5. The Morgan fingerprint density at radius 1 is 1.26 bits per heavy atom. The molecule has 1 aromatic heterocycles. The molecule has 0 aliphatic carbocycles. The molecule has 7 nitrogen and oxygen atoms in total. The van der Waals surface area contributed by atoms with Crippen molar-refractivity contribution in [3.8, 4) is 0 Å². The lowest BCUT2D eigenvalue weighted by Crippen LogP contribution is -2.41. The first-order chi connectivity index (χ1) is 12.3. The maximum atomic E-state index is 12.3. The van der Waals surface area contributed by atoms with E-state index in [0.717, 1.165) is 17.8 Å². The van der Waals surface area contributed by atoms with Crippen LogP contribution in [-0.4, -0.2) is 57.6 Å². The Labute approximate surface area is 162 Å². The highest BCUT2D eigenvalue weighted by molar-refractivity contribution is 6.61. The molecule has 2 aliphatic heterocycles. The Balaban J connectivity index is 1.70. The third kappa shape index (κ3) is 4.01. The molecule has 2 aliphatic rings. The number of amides is 1. The van der Waals surface area contributed by atoms with Crippen LogP contribution >= 0.6 is 0 Å². The van der Waals surface area contributed by atoms with Crippen molar-refractivity contribution in [3.63, 3.8) is 0 Å². The van der Waals surface area contributed by atoms with Gasteiger partial charge in [-0.05, 0) is 61.8 Å². The highest BCUT2D eigenvalue weighted by Gasteiger charge is 2.52. The maximum absolute atomic E-state index is 12.3. The minimum Gasteiger partial charge on any atom is -0.444 e. The Morgan fingerprint density at radius 3 is 2.41 bits per heavy atom. The lowest BCUT2D eigenvalue weighted by Gasteiger charge is -2.32. The summed E-state index contributed by atoms with van der Waals surface area (Å²) < 4.78 is 19.8. The second kappa shape index (κ2) is 6.52. The van der Waals surface area contributed by atoms with Crippen LogP contribution in [0.5, 0.6) is 0 Å². The topological polar surface area (TPSA) is 65.8 Å². The van der Waals surface area contributed by atoms with Gasteiger partial charge in [0.15, 0.2) is 0 Å². The SMILES string of the molecule is Cc1nc(B2OC(C)(C)C(C)(C)O2)cn1C1CCN(C(=O)OC(C)(C)C)C1. The number of carbonyl (C=O) groups excluding carboxylic acids is 1. The van der Waals surface area contributed by atoms with Crippen LogP contribution in [0.3, 0.4) is 0 Å². The molecule has 1 aromatic rings. The summed E-state index contributed by atoms with van der Waals surface area (Å²) in [6, 6.07) is 0.182. The molecule has 0 spiro atoms. The standard InChI is InChI=1S/C19H32BN3O4/c1-13-21-15(20-26-18(5,6)19(7,8)27-20)12-23(13)14-9-10-22(11-14)16(24)25-17(2,3)4/h12,14H,9-11H2,1-8H3. The molecule has 3 heterocycles. The molecule has 0 N–H and O–H groups in total. The predicted molar refractivity (Wildman–Crippen MR) is 104 cm³/mol. The molecule has 3 rings (SSSR count). The summed E-state index contributed by atoms with van der Waals surface area (Å²) in [5.74, 6) is 0.899. The fourth-order valence-electron chi connectivity index (χ4n) is 3.42. The van der Waals surface area contributed by atoms with Crippen LogP contribution in [0.15, 0.2) is 6.20 Å². The van der Waals surface area contributed by atoms with E-state index in [0.29, 0.717) is 13.1 Å². The van der Waals surface area contributed by atoms with Crippen molar-refractivity contribution >= 4 is 18.8 Å². The van der Waals surface area contributed by atoms with Crippen LogP contribution in [0, 0.1) is 6.92 Å². The zero-order chi connectivity index (χ0) is 20.2. The zero-order valence-corrected chi connectivity index (χ0v) is 17.8. The number of nitrogens with zero attached hydrogens (tertiary/aromatic N) is 3. The average molecular weight is 377 g/mol. The molecule has 27 heavy (non-hydrogen) atoms. The molecule has 0 aromatic carbocycles. The van der Waals surface area contributed by atoms with E-state index in [2.05, 4.69) is 9.55 Å². The van der Waals surface area contributed by atoms with Gasteiger partial charge in [0.1, 0.15) is 11.4 Å². The van der Waals surface area contributed by atoms with Crippen molar-refractivity contribution < 1.29 is 18.8 Å². The van der Waals surface area contributed by atoms with Gasteiger partial charge in [-0.2, -0.15) is 0 Å². The number of aromatic nitrogens is 2. The van der Waals surface area contributed by atoms with Gasteiger partial charge in [-0.25, -0.2) is 9.78 Å². The van der Waals surface area contributed by atoms with Crippen molar-refractivity contribution in [3.05, 3.63) is 12.0 Å². The van der Waals surface area contributed by atoms with E-state index in [1.165, 1.54) is 0 Å². The third-order valence-electron chi connectivity index (χ3n) is 5.64. The van der Waals surface area contributed by atoms with Crippen LogP contribution in [0.2, 0.25) is 0 Å². The lowest BCUT2D eigenvalue weighted by atomic mass is 9.86. The summed E-state index contributed by atoms with van der Waals surface area (Å²) in [5.41, 5.74) is -0.488. The number of hydrogen-bond acceptors (Lipinski definition) is 5. The van der Waals surface area contributed by atoms with Gasteiger partial charge in [0.05, 0.1) is 22.8 Å². The van der Waals surface area contributed by atoms with Gasteiger partial charge in [-0.15, -0.1) is 0 Å². The van der Waals surface area contributed by atoms with Crippen LogP contribution in [0.4, 0.5) is 4.79 Å². The number of ether oxygens (including phenoxy) is 1. The summed E-state index contributed by atoms with van der Waals surface area (Å²) in [4.78, 5) is 18.8. The number of aryl methyl sites for hydroxylation is 1. The molecule has 1 atom stereocenters. The van der Waals surface area contributed by atoms with Crippen LogP contribution in [0.25, 0.3) is 0 Å². The molecular weight excluding hydrogens is 345 g/mol. The summed E-state index contributed by atoms with van der Waals surface area (Å²) >= 11 is 0. The highest BCUT2D eigenvalue weighted by atomic mass is 16.7. The van der Waals surface area contributed by atoms with Crippen molar-refractivity contribution in [2.45, 2.75) is 84.7 Å². The van der Waals surface area contributed by atoms with Gasteiger partial charge in [0.25, 0.3) is 0 Å². The zero-order valence-electron chi connectivity index (χ0n) is 17.8. The highest BCUT2D eigenvalue weighted by Crippen LogP contribution is 2.36. The van der Waals surface area contributed by atoms with E-state index >= 15 is 0 Å². The molecule has 0 bridgehead atoms. The number of hydrogen-bond donors (Lipinski definition) is 0. The van der Waals surface area contributed by atoms with Crippen molar-refractivity contribution in [1.29, 1.82) is 0 Å². The van der Waals surface area contributed by atoms with E-state index in [9.17, 15) is 4.79 Å². The van der Waals surface area contributed by atoms with E-state index in [1.54, 1.807) is 4.90 Å². The van der Waals surface area contributed by atoms with Crippen LogP contribution < -0.4 is 5.59 Å². The van der Waals surface area contributed by atoms with Gasteiger partial charge in [-0.1, -0.05) is 0 Å². The largest absolute Gasteiger partial charge is 0.516 e. The molecule has 0 radical (unpaired) electrons. The van der Waals surface area contributed by atoms with Crippen LogP contribution in [-0.2, 0) is 14.0 Å². The maximum Gasteiger partial charge on any atom is 0.516 e. The van der Waals surface area contributed by atoms with Gasteiger partial charge >= 0.3 is 13.2 Å². The second-order valence-electron chi connectivity index (χ2n) is 9.58. The molecule has 150 valence electrons. The Kier molecular flexibility index (Phi) is 4.88. The first-order valence-corrected chi connectivity index (χ1v) is 9.68. The molecule has 0 saturated carbocycles. The molecule has 2 saturated heterocycles. The number of carbonyl (C=O) groups is 1. The lowest BCUT2D eigenvalue weighted by molar-refractivity contribution is 0.00578. The van der Waals surface area contributed by atoms with E-state index in [4.69, 9.17) is 14.0 Å². The minimum atomic E-state index is -0.482. The summed E-state index contributed by atoms with van der Waals surface area (Å²) in [6.07, 6.45) is 2.62. The van der Waals surface area contributed by atoms with Crippen molar-refractivity contribution in [2.75, 3.05) is 13.1 Å². The van der Waals surface area contributed by atoms with E-state index < -0.39 is 23.9 Å². The van der Waals surface area contributed by atoms with Gasteiger partial charge in [0.2, 0.25) is 0 Å². The number of imidazole rings is 1. The van der Waals surface area contributed by atoms with Crippen molar-refractivity contribution in [1.82, 2.24) is 14.5 Å². The molecule has 8 heteroatoms. The van der Waals surface area contributed by atoms with Gasteiger partial charge in [-0.3, -0.25) is 0 Å². The summed E-state index contributed by atoms with van der Waals surface area (Å²) in [6.45, 7) is 17.1. The van der Waals surface area contributed by atoms with Crippen molar-refractivity contribution in [2.24, 2.45) is 0 Å². The monoisotopic (exact) mass is 377 g/mol. The summed E-state index contributed by atoms with van der Waals surface area (Å²) in [5, 5.41) is 0. The first kappa shape index (κ1) is 20.2. The molecule has 1 unspecified atom stereocenters. The predicted octanol–water partition coefficient (Wildman–Crippen LogP) is 2.67. The van der Waals surface area contributed by atoms with Gasteiger partial charge < -0.3 is 23.5 Å². The number of likely N-dealkylation sites (tertiary alicyclic amines) is 1. The van der Waals surface area contributed by atoms with Gasteiger partial charge in [0, 0.05) is 19.3 Å². The second-order valence-corrected chi connectivity index (χ2v) is 9.58. The summed E-state index contributed by atoms with van der Waals surface area (Å²) in [7, 11) is -0.474. The molecule has 2 fully saturated rings. The fourth-order valence-corrected chi connectivity index (χ4v) is 3.42. The smallest absolute Gasteiger partial charge is 0.444 e. The van der Waals surface area contributed by atoms with Crippen LogP contribution in [0.1, 0.15) is 66.8 Å². The Hall–Kier alpha value is -1.54. The Morgan fingerprint density at radius 2 is 1.85 bits per heavy atom. The first-order valence-electron chi connectivity index (χ1n) is 9.68.